The summed E-state index contributed by atoms with van der Waals surface area (Å²) in [7, 11) is 1.68. The van der Waals surface area contributed by atoms with Gasteiger partial charge in [-0.2, -0.15) is 0 Å². The molecule has 2 rings (SSSR count). The molecule has 1 aromatic heterocycles. The van der Waals surface area contributed by atoms with E-state index in [-0.39, 0.29) is 0 Å². The number of nitrogens with one attached hydrogen (secondary N) is 1. The summed E-state index contributed by atoms with van der Waals surface area (Å²) in [5.41, 5.74) is 1.23. The van der Waals surface area contributed by atoms with Gasteiger partial charge in [0.2, 0.25) is 0 Å². The summed E-state index contributed by atoms with van der Waals surface area (Å²) in [6.45, 7) is 2.96. The Morgan fingerprint density at radius 2 is 2.00 bits per heavy atom. The average molecular weight is 274 g/mol. The SMILES string of the molecule is CCNc1ncccc1CSc1ccc(OC)cc1. The lowest BCUT2D eigenvalue weighted by Gasteiger charge is -2.09. The average Bonchev–Trinajstić information content (AvgIpc) is 2.47. The fourth-order valence-electron chi connectivity index (χ4n) is 1.71. The van der Waals surface area contributed by atoms with Crippen LogP contribution in [0.2, 0.25) is 0 Å². The van der Waals surface area contributed by atoms with Gasteiger partial charge in [-0.25, -0.2) is 4.98 Å². The van der Waals surface area contributed by atoms with Crippen molar-refractivity contribution in [3.63, 3.8) is 0 Å². The van der Waals surface area contributed by atoms with Gasteiger partial charge in [0.05, 0.1) is 7.11 Å². The number of thioether (sulfide) groups is 1. The van der Waals surface area contributed by atoms with E-state index < -0.39 is 0 Å². The number of rotatable bonds is 6. The Labute approximate surface area is 118 Å². The number of nitrogens with zero attached hydrogens (tertiary/aromatic N) is 1. The zero-order valence-corrected chi connectivity index (χ0v) is 12.0. The van der Waals surface area contributed by atoms with Crippen molar-refractivity contribution in [2.45, 2.75) is 17.6 Å². The number of hydrogen-bond acceptors (Lipinski definition) is 4. The van der Waals surface area contributed by atoms with E-state index in [1.807, 2.05) is 24.4 Å². The highest BCUT2D eigenvalue weighted by molar-refractivity contribution is 7.98. The van der Waals surface area contributed by atoms with Crippen molar-refractivity contribution >= 4 is 17.6 Å². The first kappa shape index (κ1) is 13.7. The van der Waals surface area contributed by atoms with Gasteiger partial charge in [0.1, 0.15) is 11.6 Å². The van der Waals surface area contributed by atoms with Crippen LogP contribution in [0.4, 0.5) is 5.82 Å². The van der Waals surface area contributed by atoms with Gasteiger partial charge < -0.3 is 10.1 Å². The molecule has 0 aliphatic rings. The molecule has 100 valence electrons. The van der Waals surface area contributed by atoms with Crippen molar-refractivity contribution < 1.29 is 4.74 Å². The number of methoxy groups -OCH3 is 1. The zero-order valence-electron chi connectivity index (χ0n) is 11.2. The smallest absolute Gasteiger partial charge is 0.129 e. The molecule has 0 saturated carbocycles. The molecule has 0 aliphatic carbocycles. The summed E-state index contributed by atoms with van der Waals surface area (Å²) in [6, 6.07) is 12.2. The van der Waals surface area contributed by atoms with E-state index in [1.54, 1.807) is 18.9 Å². The maximum atomic E-state index is 5.15. The van der Waals surface area contributed by atoms with Crippen molar-refractivity contribution in [2.24, 2.45) is 0 Å². The molecule has 0 aliphatic heterocycles. The van der Waals surface area contributed by atoms with Gasteiger partial charge in [-0.1, -0.05) is 6.07 Å². The van der Waals surface area contributed by atoms with Crippen LogP contribution in [-0.4, -0.2) is 18.6 Å². The van der Waals surface area contributed by atoms with Gasteiger partial charge in [0, 0.05) is 29.0 Å². The number of ether oxygens (including phenoxy) is 1. The molecule has 1 N–H and O–H groups in total. The lowest BCUT2D eigenvalue weighted by atomic mass is 10.3. The van der Waals surface area contributed by atoms with Crippen molar-refractivity contribution in [1.82, 2.24) is 4.98 Å². The van der Waals surface area contributed by atoms with Crippen molar-refractivity contribution in [1.29, 1.82) is 0 Å². The predicted octanol–water partition coefficient (Wildman–Crippen LogP) is 3.81. The van der Waals surface area contributed by atoms with Gasteiger partial charge in [-0.15, -0.1) is 11.8 Å². The largest absolute Gasteiger partial charge is 0.497 e. The Kier molecular flexibility index (Phi) is 5.10. The molecule has 4 heteroatoms. The Morgan fingerprint density at radius 1 is 1.21 bits per heavy atom. The van der Waals surface area contributed by atoms with Gasteiger partial charge in [-0.05, 0) is 37.3 Å². The molecule has 0 amide bonds. The van der Waals surface area contributed by atoms with Gasteiger partial charge in [0.25, 0.3) is 0 Å². The Morgan fingerprint density at radius 3 is 2.68 bits per heavy atom. The molecule has 0 saturated heterocycles. The summed E-state index contributed by atoms with van der Waals surface area (Å²) in [5, 5.41) is 3.29. The third-order valence-corrected chi connectivity index (χ3v) is 3.75. The van der Waals surface area contributed by atoms with E-state index in [9.17, 15) is 0 Å². The Hall–Kier alpha value is -1.68. The van der Waals surface area contributed by atoms with E-state index >= 15 is 0 Å². The third-order valence-electron chi connectivity index (χ3n) is 2.69. The summed E-state index contributed by atoms with van der Waals surface area (Å²) in [5.74, 6) is 2.77. The lowest BCUT2D eigenvalue weighted by Crippen LogP contribution is -2.02. The van der Waals surface area contributed by atoms with Crippen LogP contribution in [-0.2, 0) is 5.75 Å². The Bertz CT molecular complexity index is 514. The molecule has 1 heterocycles. The summed E-state index contributed by atoms with van der Waals surface area (Å²) in [6.07, 6.45) is 1.82. The molecule has 0 radical (unpaired) electrons. The van der Waals surface area contributed by atoms with Crippen LogP contribution in [0.3, 0.4) is 0 Å². The highest BCUT2D eigenvalue weighted by Crippen LogP contribution is 2.26. The third kappa shape index (κ3) is 3.89. The first-order valence-corrected chi connectivity index (χ1v) is 7.26. The van der Waals surface area contributed by atoms with Crippen LogP contribution in [0.5, 0.6) is 5.75 Å². The quantitative estimate of drug-likeness (QED) is 0.812. The maximum absolute atomic E-state index is 5.15. The Balaban J connectivity index is 2.01. The zero-order chi connectivity index (χ0) is 13.5. The highest BCUT2D eigenvalue weighted by Gasteiger charge is 2.03. The summed E-state index contributed by atoms with van der Waals surface area (Å²) in [4.78, 5) is 5.59. The fraction of sp³-hybridized carbons (Fsp3) is 0.267. The van der Waals surface area contributed by atoms with Crippen LogP contribution in [0.1, 0.15) is 12.5 Å². The van der Waals surface area contributed by atoms with Crippen LogP contribution in [0.15, 0.2) is 47.5 Å². The molecule has 0 atom stereocenters. The molecular formula is C15H18N2OS. The van der Waals surface area contributed by atoms with Gasteiger partial charge in [-0.3, -0.25) is 0 Å². The van der Waals surface area contributed by atoms with Crippen LogP contribution in [0, 0.1) is 0 Å². The standard InChI is InChI=1S/C15H18N2OS/c1-3-16-15-12(5-4-10-17-15)11-19-14-8-6-13(18-2)7-9-14/h4-10H,3,11H2,1-2H3,(H,16,17). The molecule has 0 spiro atoms. The number of aromatic nitrogens is 1. The van der Waals surface area contributed by atoms with Gasteiger partial charge >= 0.3 is 0 Å². The normalized spacial score (nSPS) is 10.2. The van der Waals surface area contributed by atoms with Gasteiger partial charge in [0.15, 0.2) is 0 Å². The second-order valence-corrected chi connectivity index (χ2v) is 5.05. The van der Waals surface area contributed by atoms with Crippen LogP contribution in [0.25, 0.3) is 0 Å². The number of anilines is 1. The molecule has 0 bridgehead atoms. The minimum atomic E-state index is 0.886. The summed E-state index contributed by atoms with van der Waals surface area (Å²) >= 11 is 1.80. The number of benzene rings is 1. The second-order valence-electron chi connectivity index (χ2n) is 4.01. The van der Waals surface area contributed by atoms with E-state index in [1.165, 1.54) is 10.5 Å². The first-order chi connectivity index (χ1) is 9.33. The molecule has 0 unspecified atom stereocenters. The number of hydrogen-bond donors (Lipinski definition) is 1. The molecule has 1 aromatic carbocycles. The predicted molar refractivity (Wildman–Crippen MR) is 81.0 cm³/mol. The highest BCUT2D eigenvalue weighted by atomic mass is 32.2. The first-order valence-electron chi connectivity index (χ1n) is 6.28. The molecule has 3 nitrogen and oxygen atoms in total. The van der Waals surface area contributed by atoms with Crippen molar-refractivity contribution in [3.8, 4) is 5.75 Å². The minimum absolute atomic E-state index is 0.886. The monoisotopic (exact) mass is 274 g/mol. The topological polar surface area (TPSA) is 34.2 Å². The minimum Gasteiger partial charge on any atom is -0.497 e. The van der Waals surface area contributed by atoms with Crippen molar-refractivity contribution in [3.05, 3.63) is 48.2 Å². The van der Waals surface area contributed by atoms with Crippen molar-refractivity contribution in [2.75, 3.05) is 19.0 Å². The molecule has 2 aromatic rings. The van der Waals surface area contributed by atoms with Crippen LogP contribution < -0.4 is 10.1 Å². The molecular weight excluding hydrogens is 256 g/mol. The second kappa shape index (κ2) is 7.04. The maximum Gasteiger partial charge on any atom is 0.129 e. The van der Waals surface area contributed by atoms with Crippen LogP contribution >= 0.6 is 11.8 Å². The summed E-state index contributed by atoms with van der Waals surface area (Å²) < 4.78 is 5.15. The lowest BCUT2D eigenvalue weighted by molar-refractivity contribution is 0.414. The fourth-order valence-corrected chi connectivity index (χ4v) is 2.60. The van der Waals surface area contributed by atoms with E-state index in [4.69, 9.17) is 4.74 Å². The molecule has 0 fully saturated rings. The van der Waals surface area contributed by atoms with E-state index in [0.29, 0.717) is 0 Å². The molecule has 19 heavy (non-hydrogen) atoms. The number of pyridine rings is 1. The van der Waals surface area contributed by atoms with E-state index in [0.717, 1.165) is 23.9 Å². The van der Waals surface area contributed by atoms with E-state index in [2.05, 4.69) is 35.4 Å².